The van der Waals surface area contributed by atoms with Gasteiger partial charge in [-0.3, -0.25) is 9.48 Å². The lowest BCUT2D eigenvalue weighted by Gasteiger charge is -2.37. The average Bonchev–Trinajstić information content (AvgIpc) is 3.01. The summed E-state index contributed by atoms with van der Waals surface area (Å²) in [4.78, 5) is 12.2. The summed E-state index contributed by atoms with van der Waals surface area (Å²) in [6.07, 6.45) is -0.0965. The van der Waals surface area contributed by atoms with Crippen LogP contribution in [-0.4, -0.2) is 50.3 Å². The number of benzene rings is 1. The van der Waals surface area contributed by atoms with Crippen LogP contribution in [0.1, 0.15) is 23.3 Å². The maximum atomic E-state index is 12.2. The number of para-hydroxylation sites is 1. The second-order valence-electron chi connectivity index (χ2n) is 5.95. The number of carbonyl (C=O) groups is 1. The van der Waals surface area contributed by atoms with Crippen molar-refractivity contribution in [2.75, 3.05) is 0 Å². The van der Waals surface area contributed by atoms with Crippen molar-refractivity contribution in [3.05, 3.63) is 48.3 Å². The van der Waals surface area contributed by atoms with Crippen molar-refractivity contribution in [1.29, 1.82) is 0 Å². The van der Waals surface area contributed by atoms with Gasteiger partial charge in [-0.2, -0.15) is 5.10 Å². The number of rotatable bonds is 4. The molecular weight excluding hydrogens is 310 g/mol. The fourth-order valence-corrected chi connectivity index (χ4v) is 2.94. The number of aliphatic hydroxyl groups is 2. The second-order valence-corrected chi connectivity index (χ2v) is 5.95. The molecule has 0 bridgehead atoms. The lowest BCUT2D eigenvalue weighted by molar-refractivity contribution is -0.0874. The molecule has 0 spiro atoms. The van der Waals surface area contributed by atoms with Gasteiger partial charge in [-0.1, -0.05) is 18.2 Å². The van der Waals surface area contributed by atoms with Crippen LogP contribution in [0, 0.1) is 0 Å². The summed E-state index contributed by atoms with van der Waals surface area (Å²) in [5.41, 5.74) is 0.402. The van der Waals surface area contributed by atoms with E-state index in [1.165, 1.54) is 10.9 Å². The molecule has 24 heavy (non-hydrogen) atoms. The zero-order chi connectivity index (χ0) is 17.1. The third-order valence-electron chi connectivity index (χ3n) is 4.31. The number of aliphatic hydroxyl groups excluding tert-OH is 2. The molecular formula is C17H21N3O4. The molecule has 0 unspecified atom stereocenters. The van der Waals surface area contributed by atoms with Crippen LogP contribution in [0.4, 0.5) is 0 Å². The van der Waals surface area contributed by atoms with Crippen LogP contribution in [0.25, 0.3) is 0 Å². The van der Waals surface area contributed by atoms with Gasteiger partial charge in [0, 0.05) is 13.2 Å². The van der Waals surface area contributed by atoms with E-state index in [0.717, 1.165) is 0 Å². The van der Waals surface area contributed by atoms with E-state index >= 15 is 0 Å². The molecule has 1 saturated carbocycles. The maximum Gasteiger partial charge on any atom is 0.269 e. The Morgan fingerprint density at radius 1 is 1.21 bits per heavy atom. The molecule has 0 aliphatic heterocycles. The van der Waals surface area contributed by atoms with Crippen LogP contribution in [0.5, 0.6) is 5.75 Å². The van der Waals surface area contributed by atoms with Crippen molar-refractivity contribution in [2.45, 2.75) is 37.2 Å². The smallest absolute Gasteiger partial charge is 0.269 e. The highest BCUT2D eigenvalue weighted by molar-refractivity contribution is 5.92. The Morgan fingerprint density at radius 3 is 2.62 bits per heavy atom. The van der Waals surface area contributed by atoms with E-state index < -0.39 is 24.4 Å². The standard InChI is InChI=1S/C17H21N3O4/c1-20-13(9-10-18-20)17(23)19-12-7-8-14(16(22)15(12)21)24-11-5-3-2-4-6-11/h2-6,9-10,12,14-16,21-22H,7-8H2,1H3,(H,19,23)/t12-,14-,15+,16+/m1/s1. The summed E-state index contributed by atoms with van der Waals surface area (Å²) in [6, 6.07) is 10.2. The number of hydrogen-bond donors (Lipinski definition) is 3. The normalized spacial score (nSPS) is 26.8. The Bertz CT molecular complexity index is 688. The van der Waals surface area contributed by atoms with E-state index in [1.807, 2.05) is 18.2 Å². The zero-order valence-electron chi connectivity index (χ0n) is 13.4. The summed E-state index contributed by atoms with van der Waals surface area (Å²) in [5, 5.41) is 27.4. The Morgan fingerprint density at radius 2 is 1.96 bits per heavy atom. The Labute approximate surface area is 139 Å². The van der Waals surface area contributed by atoms with Gasteiger partial charge in [0.2, 0.25) is 0 Å². The molecule has 128 valence electrons. The molecule has 7 heteroatoms. The van der Waals surface area contributed by atoms with Crippen LogP contribution in [0.15, 0.2) is 42.6 Å². The van der Waals surface area contributed by atoms with E-state index in [-0.39, 0.29) is 5.91 Å². The molecule has 1 aliphatic rings. The summed E-state index contributed by atoms with van der Waals surface area (Å²) < 4.78 is 7.21. The third-order valence-corrected chi connectivity index (χ3v) is 4.31. The van der Waals surface area contributed by atoms with Crippen LogP contribution in [-0.2, 0) is 7.05 Å². The number of carbonyl (C=O) groups excluding carboxylic acids is 1. The average molecular weight is 331 g/mol. The van der Waals surface area contributed by atoms with E-state index in [2.05, 4.69) is 10.4 Å². The van der Waals surface area contributed by atoms with E-state index in [4.69, 9.17) is 4.74 Å². The highest BCUT2D eigenvalue weighted by atomic mass is 16.5. The van der Waals surface area contributed by atoms with E-state index in [9.17, 15) is 15.0 Å². The first kappa shape index (κ1) is 16.5. The van der Waals surface area contributed by atoms with Crippen molar-refractivity contribution >= 4 is 5.91 Å². The number of nitrogens with one attached hydrogen (secondary N) is 1. The van der Waals surface area contributed by atoms with Crippen molar-refractivity contribution in [2.24, 2.45) is 7.05 Å². The maximum absolute atomic E-state index is 12.2. The lowest BCUT2D eigenvalue weighted by atomic mass is 9.87. The van der Waals surface area contributed by atoms with Gasteiger partial charge >= 0.3 is 0 Å². The van der Waals surface area contributed by atoms with Gasteiger partial charge in [-0.15, -0.1) is 0 Å². The monoisotopic (exact) mass is 331 g/mol. The Hall–Kier alpha value is -2.38. The van der Waals surface area contributed by atoms with Crippen molar-refractivity contribution in [1.82, 2.24) is 15.1 Å². The van der Waals surface area contributed by atoms with Gasteiger partial charge in [0.25, 0.3) is 5.91 Å². The van der Waals surface area contributed by atoms with E-state index in [1.54, 1.807) is 25.2 Å². The van der Waals surface area contributed by atoms with Gasteiger partial charge in [0.15, 0.2) is 0 Å². The van der Waals surface area contributed by atoms with E-state index in [0.29, 0.717) is 24.3 Å². The minimum absolute atomic E-state index is 0.325. The molecule has 1 aliphatic carbocycles. The Kier molecular flexibility index (Phi) is 4.82. The van der Waals surface area contributed by atoms with Crippen LogP contribution >= 0.6 is 0 Å². The molecule has 1 amide bonds. The minimum atomic E-state index is -1.09. The SMILES string of the molecule is Cn1nccc1C(=O)N[C@@H]1CC[C@@H](Oc2ccccc2)[C@H](O)[C@H]1O. The Balaban J connectivity index is 1.61. The van der Waals surface area contributed by atoms with Gasteiger partial charge in [-0.05, 0) is 31.0 Å². The fourth-order valence-electron chi connectivity index (χ4n) is 2.94. The van der Waals surface area contributed by atoms with Crippen molar-refractivity contribution in [3.63, 3.8) is 0 Å². The number of amides is 1. The molecule has 0 radical (unpaired) electrons. The molecule has 1 aromatic carbocycles. The molecule has 0 saturated heterocycles. The van der Waals surface area contributed by atoms with Crippen molar-refractivity contribution in [3.8, 4) is 5.75 Å². The van der Waals surface area contributed by atoms with Crippen LogP contribution in [0.2, 0.25) is 0 Å². The topological polar surface area (TPSA) is 96.6 Å². The number of aromatic nitrogens is 2. The molecule has 2 aromatic rings. The van der Waals surface area contributed by atoms with Crippen LogP contribution < -0.4 is 10.1 Å². The first-order valence-electron chi connectivity index (χ1n) is 7.93. The molecule has 1 aromatic heterocycles. The highest BCUT2D eigenvalue weighted by Gasteiger charge is 2.39. The van der Waals surface area contributed by atoms with Crippen molar-refractivity contribution < 1.29 is 19.7 Å². The fraction of sp³-hybridized carbons (Fsp3) is 0.412. The first-order valence-corrected chi connectivity index (χ1v) is 7.93. The molecule has 7 nitrogen and oxygen atoms in total. The predicted molar refractivity (Wildman–Crippen MR) is 86.6 cm³/mol. The quantitative estimate of drug-likeness (QED) is 0.757. The molecule has 4 atom stereocenters. The zero-order valence-corrected chi connectivity index (χ0v) is 13.4. The van der Waals surface area contributed by atoms with Crippen LogP contribution in [0.3, 0.4) is 0 Å². The highest BCUT2D eigenvalue weighted by Crippen LogP contribution is 2.25. The predicted octanol–water partition coefficient (Wildman–Crippen LogP) is 0.482. The molecule has 1 heterocycles. The van der Waals surface area contributed by atoms with Gasteiger partial charge in [0.1, 0.15) is 29.8 Å². The summed E-state index contributed by atoms with van der Waals surface area (Å²) in [5.74, 6) is 0.319. The van der Waals surface area contributed by atoms with Gasteiger partial charge in [-0.25, -0.2) is 0 Å². The number of aryl methyl sites for hydroxylation is 1. The molecule has 3 N–H and O–H groups in total. The number of hydrogen-bond acceptors (Lipinski definition) is 5. The van der Waals surface area contributed by atoms with Gasteiger partial charge in [0.05, 0.1) is 6.04 Å². The number of ether oxygens (including phenoxy) is 1. The third kappa shape index (κ3) is 3.42. The minimum Gasteiger partial charge on any atom is -0.488 e. The van der Waals surface area contributed by atoms with Gasteiger partial charge < -0.3 is 20.3 Å². The summed E-state index contributed by atoms with van der Waals surface area (Å²) in [6.45, 7) is 0. The lowest BCUT2D eigenvalue weighted by Crippen LogP contribution is -2.57. The summed E-state index contributed by atoms with van der Waals surface area (Å²) in [7, 11) is 1.67. The summed E-state index contributed by atoms with van der Waals surface area (Å²) >= 11 is 0. The number of nitrogens with zero attached hydrogens (tertiary/aromatic N) is 2. The molecule has 1 fully saturated rings. The largest absolute Gasteiger partial charge is 0.488 e. The first-order chi connectivity index (χ1) is 11.6. The second kappa shape index (κ2) is 7.02. The molecule has 3 rings (SSSR count).